The lowest BCUT2D eigenvalue weighted by molar-refractivity contribution is -0.124. The maximum atomic E-state index is 12.2. The maximum Gasteiger partial charge on any atom is 0.338 e. The van der Waals surface area contributed by atoms with Crippen molar-refractivity contribution in [3.63, 3.8) is 0 Å². The molecule has 0 saturated heterocycles. The summed E-state index contributed by atoms with van der Waals surface area (Å²) in [5.41, 5.74) is 0.333. The molecule has 1 atom stereocenters. The van der Waals surface area contributed by atoms with Crippen LogP contribution in [0, 0.1) is 5.92 Å². The average Bonchev–Trinajstić information content (AvgIpc) is 3.46. The smallest absolute Gasteiger partial charge is 0.338 e. The molecule has 1 saturated carbocycles. The van der Waals surface area contributed by atoms with Crippen LogP contribution in [0.1, 0.15) is 56.8 Å². The summed E-state index contributed by atoms with van der Waals surface area (Å²) in [6.07, 6.45) is 4.28. The lowest BCUT2D eigenvalue weighted by atomic mass is 10.2. The first-order valence-corrected chi connectivity index (χ1v) is 9.41. The van der Waals surface area contributed by atoms with E-state index in [1.54, 1.807) is 18.2 Å². The third kappa shape index (κ3) is 6.24. The van der Waals surface area contributed by atoms with Gasteiger partial charge in [-0.15, -0.1) is 0 Å². The van der Waals surface area contributed by atoms with Crippen molar-refractivity contribution >= 4 is 11.9 Å². The monoisotopic (exact) mass is 363 g/mol. The van der Waals surface area contributed by atoms with Gasteiger partial charge in [-0.25, -0.2) is 4.79 Å². The Hall–Kier alpha value is -2.24. The minimum absolute atomic E-state index is 0.130. The van der Waals surface area contributed by atoms with E-state index >= 15 is 0 Å². The minimum atomic E-state index is -0.555. The second-order valence-corrected chi connectivity index (χ2v) is 6.57. The Morgan fingerprint density at radius 3 is 2.62 bits per heavy atom. The molecule has 144 valence electrons. The topological polar surface area (TPSA) is 73.9 Å². The molecule has 1 amide bonds. The number of rotatable bonds is 11. The largest absolute Gasteiger partial charge is 0.490 e. The van der Waals surface area contributed by atoms with Gasteiger partial charge in [0, 0.05) is 6.04 Å². The van der Waals surface area contributed by atoms with Crippen LogP contribution < -0.4 is 14.8 Å². The van der Waals surface area contributed by atoms with Crippen LogP contribution in [0.15, 0.2) is 18.2 Å². The molecule has 6 nitrogen and oxygen atoms in total. The highest BCUT2D eigenvalue weighted by molar-refractivity contribution is 5.92. The van der Waals surface area contributed by atoms with Crippen LogP contribution in [-0.4, -0.2) is 37.7 Å². The highest BCUT2D eigenvalue weighted by Crippen LogP contribution is 2.32. The first-order chi connectivity index (χ1) is 12.5. The predicted octanol–water partition coefficient (Wildman–Crippen LogP) is 3.34. The Bertz CT molecular complexity index is 612. The van der Waals surface area contributed by atoms with E-state index in [0.717, 1.165) is 25.7 Å². The Kier molecular flexibility index (Phi) is 7.75. The average molecular weight is 363 g/mol. The standard InChI is InChI=1S/C20H29NO5/c1-4-6-11-25-17-10-9-16(12-18(17)24-5-2)20(23)26-13-19(22)21-14(3)15-7-8-15/h9-10,12,14-15H,4-8,11,13H2,1-3H3,(H,21,22). The third-order valence-electron chi connectivity index (χ3n) is 4.29. The quantitative estimate of drug-likeness (QED) is 0.482. The molecule has 2 rings (SSSR count). The summed E-state index contributed by atoms with van der Waals surface area (Å²) in [7, 11) is 0. The van der Waals surface area contributed by atoms with Crippen molar-refractivity contribution in [1.29, 1.82) is 0 Å². The van der Waals surface area contributed by atoms with Gasteiger partial charge in [-0.05, 0) is 57.2 Å². The Morgan fingerprint density at radius 2 is 1.96 bits per heavy atom. The van der Waals surface area contributed by atoms with E-state index in [2.05, 4.69) is 12.2 Å². The van der Waals surface area contributed by atoms with Crippen LogP contribution in [-0.2, 0) is 9.53 Å². The van der Waals surface area contributed by atoms with Crippen LogP contribution in [0.25, 0.3) is 0 Å². The molecule has 1 fully saturated rings. The van der Waals surface area contributed by atoms with Crippen LogP contribution in [0.4, 0.5) is 0 Å². The molecule has 0 aliphatic heterocycles. The van der Waals surface area contributed by atoms with Crippen molar-refractivity contribution in [2.75, 3.05) is 19.8 Å². The van der Waals surface area contributed by atoms with Gasteiger partial charge in [0.25, 0.3) is 5.91 Å². The summed E-state index contributed by atoms with van der Waals surface area (Å²) in [4.78, 5) is 24.1. The number of esters is 1. The number of amides is 1. The van der Waals surface area contributed by atoms with Crippen LogP contribution >= 0.6 is 0 Å². The summed E-state index contributed by atoms with van der Waals surface area (Å²) >= 11 is 0. The highest BCUT2D eigenvalue weighted by atomic mass is 16.5. The summed E-state index contributed by atoms with van der Waals surface area (Å²) in [6, 6.07) is 5.05. The normalized spacial score (nSPS) is 14.4. The minimum Gasteiger partial charge on any atom is -0.490 e. The fourth-order valence-corrected chi connectivity index (χ4v) is 2.57. The van der Waals surface area contributed by atoms with E-state index in [9.17, 15) is 9.59 Å². The molecule has 1 aromatic rings. The van der Waals surface area contributed by atoms with Crippen molar-refractivity contribution in [2.45, 2.75) is 52.5 Å². The van der Waals surface area contributed by atoms with Crippen LogP contribution in [0.3, 0.4) is 0 Å². The molecule has 1 N–H and O–H groups in total. The molecule has 0 spiro atoms. The van der Waals surface area contributed by atoms with E-state index in [1.807, 2.05) is 13.8 Å². The Labute approximate surface area is 155 Å². The summed E-state index contributed by atoms with van der Waals surface area (Å²) in [6.45, 7) is 6.71. The molecule has 1 aliphatic carbocycles. The molecule has 0 aromatic heterocycles. The zero-order chi connectivity index (χ0) is 18.9. The number of unbranched alkanes of at least 4 members (excludes halogenated alkanes) is 1. The van der Waals surface area contributed by atoms with Gasteiger partial charge in [0.1, 0.15) is 0 Å². The number of hydrogen-bond donors (Lipinski definition) is 1. The van der Waals surface area contributed by atoms with Crippen molar-refractivity contribution in [1.82, 2.24) is 5.32 Å². The molecule has 1 aromatic carbocycles. The lowest BCUT2D eigenvalue weighted by Crippen LogP contribution is -2.37. The molecule has 6 heteroatoms. The second kappa shape index (κ2) is 10.0. The molecule has 26 heavy (non-hydrogen) atoms. The number of nitrogens with one attached hydrogen (secondary N) is 1. The number of carbonyl (C=O) groups excluding carboxylic acids is 2. The van der Waals surface area contributed by atoms with Gasteiger partial charge in [-0.3, -0.25) is 4.79 Å². The number of carbonyl (C=O) groups is 2. The van der Waals surface area contributed by atoms with E-state index in [4.69, 9.17) is 14.2 Å². The molecular formula is C20H29NO5. The van der Waals surface area contributed by atoms with Gasteiger partial charge in [-0.1, -0.05) is 13.3 Å². The van der Waals surface area contributed by atoms with Gasteiger partial charge >= 0.3 is 5.97 Å². The third-order valence-corrected chi connectivity index (χ3v) is 4.29. The van der Waals surface area contributed by atoms with Crippen LogP contribution in [0.2, 0.25) is 0 Å². The van der Waals surface area contributed by atoms with Gasteiger partial charge in [0.05, 0.1) is 18.8 Å². The predicted molar refractivity (Wildman–Crippen MR) is 98.6 cm³/mol. The van der Waals surface area contributed by atoms with E-state index < -0.39 is 5.97 Å². The molecule has 0 bridgehead atoms. The molecule has 1 unspecified atom stereocenters. The summed E-state index contributed by atoms with van der Waals surface area (Å²) < 4.78 is 16.4. The van der Waals surface area contributed by atoms with Crippen molar-refractivity contribution < 1.29 is 23.8 Å². The second-order valence-electron chi connectivity index (χ2n) is 6.57. The van der Waals surface area contributed by atoms with E-state index in [0.29, 0.717) is 36.2 Å². The Morgan fingerprint density at radius 1 is 1.19 bits per heavy atom. The zero-order valence-corrected chi connectivity index (χ0v) is 15.9. The fourth-order valence-electron chi connectivity index (χ4n) is 2.57. The summed E-state index contributed by atoms with van der Waals surface area (Å²) in [5.74, 6) is 0.837. The van der Waals surface area contributed by atoms with Crippen LogP contribution in [0.5, 0.6) is 11.5 Å². The van der Waals surface area contributed by atoms with Gasteiger partial charge in [0.15, 0.2) is 18.1 Å². The molecule has 1 aliphatic rings. The van der Waals surface area contributed by atoms with E-state index in [-0.39, 0.29) is 18.6 Å². The first-order valence-electron chi connectivity index (χ1n) is 9.41. The van der Waals surface area contributed by atoms with Gasteiger partial charge in [0.2, 0.25) is 0 Å². The van der Waals surface area contributed by atoms with E-state index in [1.165, 1.54) is 0 Å². The fraction of sp³-hybridized carbons (Fsp3) is 0.600. The van der Waals surface area contributed by atoms with Gasteiger partial charge in [-0.2, -0.15) is 0 Å². The van der Waals surface area contributed by atoms with Crippen molar-refractivity contribution in [2.24, 2.45) is 5.92 Å². The SMILES string of the molecule is CCCCOc1ccc(C(=O)OCC(=O)NC(C)C2CC2)cc1OCC. The number of benzene rings is 1. The highest BCUT2D eigenvalue weighted by Gasteiger charge is 2.29. The molecular weight excluding hydrogens is 334 g/mol. The van der Waals surface area contributed by atoms with Crippen molar-refractivity contribution in [3.8, 4) is 11.5 Å². The Balaban J connectivity index is 1.90. The zero-order valence-electron chi connectivity index (χ0n) is 15.9. The lowest BCUT2D eigenvalue weighted by Gasteiger charge is -2.14. The van der Waals surface area contributed by atoms with Crippen molar-refractivity contribution in [3.05, 3.63) is 23.8 Å². The number of hydrogen-bond acceptors (Lipinski definition) is 5. The summed E-state index contributed by atoms with van der Waals surface area (Å²) in [5, 5.41) is 2.86. The van der Waals surface area contributed by atoms with Gasteiger partial charge < -0.3 is 19.5 Å². The first kappa shape index (κ1) is 20.1. The number of ether oxygens (including phenoxy) is 3. The molecule has 0 heterocycles. The molecule has 0 radical (unpaired) electrons. The maximum absolute atomic E-state index is 12.2.